The second-order valence-corrected chi connectivity index (χ2v) is 7.57. The molecule has 0 radical (unpaired) electrons. The molecule has 0 saturated carbocycles. The molecule has 4 rings (SSSR count). The van der Waals surface area contributed by atoms with E-state index < -0.39 is 5.97 Å². The third-order valence-electron chi connectivity index (χ3n) is 4.04. The quantitative estimate of drug-likeness (QED) is 0.490. The summed E-state index contributed by atoms with van der Waals surface area (Å²) in [7, 11) is 0. The van der Waals surface area contributed by atoms with Crippen molar-refractivity contribution in [3.63, 3.8) is 0 Å². The lowest BCUT2D eigenvalue weighted by Crippen LogP contribution is -2.29. The number of hydrogen-bond acceptors (Lipinski definition) is 6. The fraction of sp³-hybridized carbons (Fsp3) is 0.105. The zero-order chi connectivity index (χ0) is 19.7. The highest BCUT2D eigenvalue weighted by molar-refractivity contribution is 7.22. The number of aromatic nitrogens is 1. The van der Waals surface area contributed by atoms with E-state index in [1.807, 2.05) is 0 Å². The average molecular weight is 417 g/mol. The number of fused-ring (bicyclic) bond motifs is 1. The Bertz CT molecular complexity index is 1150. The summed E-state index contributed by atoms with van der Waals surface area (Å²) < 4.78 is 12.0. The molecule has 4 aromatic rings. The maximum absolute atomic E-state index is 13.1. The molecule has 0 unspecified atom stereocenters. The van der Waals surface area contributed by atoms with Gasteiger partial charge in [0.25, 0.3) is 5.91 Å². The van der Waals surface area contributed by atoms with Crippen LogP contribution in [0.1, 0.15) is 32.4 Å². The van der Waals surface area contributed by atoms with Crippen LogP contribution >= 0.6 is 22.9 Å². The van der Waals surface area contributed by atoms with Crippen molar-refractivity contribution in [3.05, 3.63) is 76.0 Å². The summed E-state index contributed by atoms with van der Waals surface area (Å²) in [5, 5.41) is 9.02. The van der Waals surface area contributed by atoms with Crippen molar-refractivity contribution in [2.24, 2.45) is 0 Å². The number of nitrogens with zero attached hydrogens (tertiary/aromatic N) is 2. The molecule has 1 aromatic carbocycles. The number of halogens is 1. The van der Waals surface area contributed by atoms with Crippen LogP contribution in [0.2, 0.25) is 4.47 Å². The Kier molecular flexibility index (Phi) is 4.89. The summed E-state index contributed by atoms with van der Waals surface area (Å²) in [5.41, 5.74) is 1.08. The first-order valence-corrected chi connectivity index (χ1v) is 9.39. The first kappa shape index (κ1) is 18.3. The van der Waals surface area contributed by atoms with E-state index in [-0.39, 0.29) is 24.8 Å². The van der Waals surface area contributed by atoms with Gasteiger partial charge >= 0.3 is 5.97 Å². The lowest BCUT2D eigenvalue weighted by molar-refractivity contribution is 0.0653. The summed E-state index contributed by atoms with van der Waals surface area (Å²) >= 11 is 7.28. The van der Waals surface area contributed by atoms with E-state index in [9.17, 15) is 9.59 Å². The molecule has 0 saturated heterocycles. The van der Waals surface area contributed by atoms with Crippen molar-refractivity contribution in [1.82, 2.24) is 9.88 Å². The molecule has 0 atom stereocenters. The summed E-state index contributed by atoms with van der Waals surface area (Å²) in [6.07, 6.45) is 1.52. The highest BCUT2D eigenvalue weighted by Crippen LogP contribution is 2.27. The molecule has 0 bridgehead atoms. The molecule has 3 heterocycles. The van der Waals surface area contributed by atoms with Gasteiger partial charge < -0.3 is 18.8 Å². The van der Waals surface area contributed by atoms with Gasteiger partial charge in [0, 0.05) is 5.56 Å². The molecule has 9 heteroatoms. The zero-order valence-electron chi connectivity index (χ0n) is 14.3. The molecule has 0 fully saturated rings. The number of benzene rings is 1. The molecule has 0 aliphatic heterocycles. The van der Waals surface area contributed by atoms with Gasteiger partial charge in [-0.25, -0.2) is 9.78 Å². The minimum Gasteiger partial charge on any atom is -0.475 e. The monoisotopic (exact) mass is 416 g/mol. The van der Waals surface area contributed by atoms with Gasteiger partial charge in [-0.3, -0.25) is 4.79 Å². The molecule has 1 amide bonds. The van der Waals surface area contributed by atoms with E-state index in [1.165, 1.54) is 34.6 Å². The highest BCUT2D eigenvalue weighted by atomic mass is 35.5. The number of thiazole rings is 1. The van der Waals surface area contributed by atoms with Crippen molar-refractivity contribution in [2.45, 2.75) is 13.1 Å². The minimum atomic E-state index is -1.17. The Hall–Kier alpha value is -3.10. The van der Waals surface area contributed by atoms with Gasteiger partial charge in [0.05, 0.1) is 29.6 Å². The standard InChI is InChI=1S/C19H13ClN2O5S/c20-19-21-14-8-11(3-6-16(14)28-19)17(23)22(9-12-2-1-7-26-12)10-13-4-5-15(27-13)18(24)25/h1-8H,9-10H2,(H,24,25). The molecular weight excluding hydrogens is 404 g/mol. The fourth-order valence-corrected chi connectivity index (χ4v) is 3.78. The topological polar surface area (TPSA) is 96.8 Å². The Morgan fingerprint density at radius 2 is 1.96 bits per heavy atom. The lowest BCUT2D eigenvalue weighted by atomic mass is 10.1. The largest absolute Gasteiger partial charge is 0.475 e. The van der Waals surface area contributed by atoms with E-state index in [0.717, 1.165) is 4.70 Å². The first-order valence-electron chi connectivity index (χ1n) is 8.19. The van der Waals surface area contributed by atoms with Crippen LogP contribution < -0.4 is 0 Å². The second-order valence-electron chi connectivity index (χ2n) is 5.96. The maximum Gasteiger partial charge on any atom is 0.371 e. The molecular formula is C19H13ClN2O5S. The third kappa shape index (κ3) is 3.78. The molecule has 0 spiro atoms. The van der Waals surface area contributed by atoms with Crippen LogP contribution in [0.3, 0.4) is 0 Å². The summed E-state index contributed by atoms with van der Waals surface area (Å²) in [5.74, 6) is -0.665. The van der Waals surface area contributed by atoms with Crippen LogP contribution in [0.5, 0.6) is 0 Å². The summed E-state index contributed by atoms with van der Waals surface area (Å²) in [6, 6.07) is 11.6. The summed E-state index contributed by atoms with van der Waals surface area (Å²) in [4.78, 5) is 29.9. The van der Waals surface area contributed by atoms with Gasteiger partial charge in [-0.1, -0.05) is 11.6 Å². The molecule has 0 aliphatic carbocycles. The molecule has 1 N–H and O–H groups in total. The lowest BCUT2D eigenvalue weighted by Gasteiger charge is -2.20. The molecule has 3 aromatic heterocycles. The van der Waals surface area contributed by atoms with E-state index in [1.54, 1.807) is 30.3 Å². The van der Waals surface area contributed by atoms with E-state index >= 15 is 0 Å². The molecule has 142 valence electrons. The van der Waals surface area contributed by atoms with E-state index in [0.29, 0.717) is 27.1 Å². The molecule has 0 aliphatic rings. The predicted molar refractivity (Wildman–Crippen MR) is 103 cm³/mol. The van der Waals surface area contributed by atoms with Crippen molar-refractivity contribution in [3.8, 4) is 0 Å². The zero-order valence-corrected chi connectivity index (χ0v) is 15.9. The number of carboxylic acids is 1. The van der Waals surface area contributed by atoms with Gasteiger partial charge in [0.2, 0.25) is 5.76 Å². The number of furan rings is 2. The number of carbonyl (C=O) groups is 2. The van der Waals surface area contributed by atoms with Crippen LogP contribution in [-0.4, -0.2) is 26.9 Å². The Morgan fingerprint density at radius 1 is 1.14 bits per heavy atom. The van der Waals surface area contributed by atoms with Crippen molar-refractivity contribution < 1.29 is 23.5 Å². The Morgan fingerprint density at radius 3 is 2.68 bits per heavy atom. The van der Waals surface area contributed by atoms with Gasteiger partial charge in [-0.2, -0.15) is 0 Å². The SMILES string of the molecule is O=C(O)c1ccc(CN(Cc2ccco2)C(=O)c2ccc3sc(Cl)nc3c2)o1. The highest BCUT2D eigenvalue weighted by Gasteiger charge is 2.21. The van der Waals surface area contributed by atoms with Crippen LogP contribution in [0.4, 0.5) is 0 Å². The number of hydrogen-bond donors (Lipinski definition) is 1. The van der Waals surface area contributed by atoms with Crippen LogP contribution in [0.25, 0.3) is 10.2 Å². The van der Waals surface area contributed by atoms with Crippen LogP contribution in [0, 0.1) is 0 Å². The normalized spacial score (nSPS) is 11.0. The number of rotatable bonds is 6. The predicted octanol–water partition coefficient (Wildman–Crippen LogP) is 4.68. The fourth-order valence-electron chi connectivity index (χ4n) is 2.77. The third-order valence-corrected chi connectivity index (χ3v) is 5.18. The number of carboxylic acid groups (broad SMARTS) is 1. The molecule has 7 nitrogen and oxygen atoms in total. The average Bonchev–Trinajstić information content (AvgIpc) is 3.40. The number of carbonyl (C=O) groups excluding carboxylic acids is 1. The van der Waals surface area contributed by atoms with Gasteiger partial charge in [0.15, 0.2) is 4.47 Å². The van der Waals surface area contributed by atoms with Gasteiger partial charge in [-0.05, 0) is 42.5 Å². The number of amides is 1. The summed E-state index contributed by atoms with van der Waals surface area (Å²) in [6.45, 7) is 0.285. The Balaban J connectivity index is 1.64. The minimum absolute atomic E-state index is 0.0860. The maximum atomic E-state index is 13.1. The smallest absolute Gasteiger partial charge is 0.371 e. The van der Waals surface area contributed by atoms with Gasteiger partial charge in [-0.15, -0.1) is 11.3 Å². The first-order chi connectivity index (χ1) is 13.5. The number of aromatic carboxylic acids is 1. The van der Waals surface area contributed by atoms with Crippen molar-refractivity contribution in [2.75, 3.05) is 0 Å². The van der Waals surface area contributed by atoms with Gasteiger partial charge in [0.1, 0.15) is 11.5 Å². The second kappa shape index (κ2) is 7.49. The van der Waals surface area contributed by atoms with E-state index in [2.05, 4.69) is 4.98 Å². The Labute approximate surface area is 167 Å². The van der Waals surface area contributed by atoms with E-state index in [4.69, 9.17) is 25.5 Å². The van der Waals surface area contributed by atoms with Crippen LogP contribution in [0.15, 0.2) is 57.6 Å². The van der Waals surface area contributed by atoms with Crippen molar-refractivity contribution >= 4 is 45.0 Å². The molecule has 28 heavy (non-hydrogen) atoms. The van der Waals surface area contributed by atoms with Crippen LogP contribution in [-0.2, 0) is 13.1 Å². The van der Waals surface area contributed by atoms with Crippen molar-refractivity contribution in [1.29, 1.82) is 0 Å².